The fourth-order valence-corrected chi connectivity index (χ4v) is 4.02. The van der Waals surface area contributed by atoms with E-state index >= 15 is 0 Å². The van der Waals surface area contributed by atoms with E-state index in [1.165, 1.54) is 12.5 Å². The van der Waals surface area contributed by atoms with Crippen LogP contribution in [-0.4, -0.2) is 50.9 Å². The molecule has 0 spiro atoms. The highest BCUT2D eigenvalue weighted by molar-refractivity contribution is 9.10. The van der Waals surface area contributed by atoms with Crippen LogP contribution in [0.25, 0.3) is 10.9 Å². The highest BCUT2D eigenvalue weighted by Crippen LogP contribution is 2.25. The molecule has 2 aromatic heterocycles. The first kappa shape index (κ1) is 24.6. The number of hydrogen-bond donors (Lipinski definition) is 1. The topological polar surface area (TPSA) is 97.2 Å². The SMILES string of the molecule is CC(=O)c1nn(CC(=O)N2CCCC2)c2ccc(C(C)C)cc12.O=CNc1cccc(Br)n1. The van der Waals surface area contributed by atoms with E-state index in [1.54, 1.807) is 22.9 Å². The number of likely N-dealkylation sites (tertiary alicyclic amines) is 1. The third-order valence-electron chi connectivity index (χ3n) is 5.44. The van der Waals surface area contributed by atoms with Gasteiger partial charge in [0.2, 0.25) is 12.3 Å². The molecule has 1 N–H and O–H groups in total. The van der Waals surface area contributed by atoms with Crippen molar-refractivity contribution < 1.29 is 14.4 Å². The normalized spacial score (nSPS) is 13.1. The summed E-state index contributed by atoms with van der Waals surface area (Å²) in [6.45, 7) is 7.62. The number of nitrogens with zero attached hydrogens (tertiary/aromatic N) is 4. The first-order valence-electron chi connectivity index (χ1n) is 10.9. The number of pyridine rings is 1. The number of nitrogens with one attached hydrogen (secondary N) is 1. The number of fused-ring (bicyclic) bond motifs is 1. The number of rotatable bonds is 6. The zero-order chi connectivity index (χ0) is 24.0. The van der Waals surface area contributed by atoms with Crippen molar-refractivity contribution in [2.75, 3.05) is 18.4 Å². The second-order valence-corrected chi connectivity index (χ2v) is 9.00. The quantitative estimate of drug-likeness (QED) is 0.299. The van der Waals surface area contributed by atoms with Crippen molar-refractivity contribution in [3.8, 4) is 0 Å². The van der Waals surface area contributed by atoms with E-state index in [9.17, 15) is 14.4 Å². The summed E-state index contributed by atoms with van der Waals surface area (Å²) >= 11 is 3.17. The highest BCUT2D eigenvalue weighted by Gasteiger charge is 2.21. The third-order valence-corrected chi connectivity index (χ3v) is 5.88. The first-order chi connectivity index (χ1) is 15.8. The molecule has 4 rings (SSSR count). The zero-order valence-electron chi connectivity index (χ0n) is 19.0. The molecule has 1 aromatic carbocycles. The number of amides is 2. The molecule has 33 heavy (non-hydrogen) atoms. The minimum Gasteiger partial charge on any atom is -0.341 e. The Labute approximate surface area is 201 Å². The standard InChI is InChI=1S/C18H23N3O2.C6H5BrN2O/c1-12(2)14-6-7-16-15(10-14)18(13(3)22)19-21(16)11-17(23)20-8-4-5-9-20;7-5-2-1-3-6(9-5)8-4-10/h6-7,10,12H,4-5,8-9,11H2,1-3H3;1-4H,(H,8,9,10). The average Bonchev–Trinajstić information content (AvgIpc) is 3.43. The Morgan fingerprint density at radius 3 is 2.52 bits per heavy atom. The van der Waals surface area contributed by atoms with Gasteiger partial charge in [0.05, 0.1) is 5.52 Å². The molecule has 1 aliphatic heterocycles. The Morgan fingerprint density at radius 1 is 1.18 bits per heavy atom. The van der Waals surface area contributed by atoms with Gasteiger partial charge in [-0.05, 0) is 64.5 Å². The number of ketones is 1. The van der Waals surface area contributed by atoms with Gasteiger partial charge in [-0.25, -0.2) is 4.98 Å². The van der Waals surface area contributed by atoms with Gasteiger partial charge >= 0.3 is 0 Å². The molecule has 0 bridgehead atoms. The van der Waals surface area contributed by atoms with Crippen LogP contribution in [0.3, 0.4) is 0 Å². The maximum atomic E-state index is 12.4. The van der Waals surface area contributed by atoms with Gasteiger partial charge in [0.1, 0.15) is 22.7 Å². The van der Waals surface area contributed by atoms with Crippen LogP contribution in [0, 0.1) is 0 Å². The van der Waals surface area contributed by atoms with Crippen LogP contribution in [-0.2, 0) is 16.1 Å². The van der Waals surface area contributed by atoms with Gasteiger partial charge < -0.3 is 10.2 Å². The number of aromatic nitrogens is 3. The fourth-order valence-electron chi connectivity index (χ4n) is 3.68. The zero-order valence-corrected chi connectivity index (χ0v) is 20.6. The third kappa shape index (κ3) is 6.25. The van der Waals surface area contributed by atoms with Gasteiger partial charge in [0, 0.05) is 25.4 Å². The lowest BCUT2D eigenvalue weighted by Gasteiger charge is -2.15. The highest BCUT2D eigenvalue weighted by atomic mass is 79.9. The molecule has 1 aliphatic rings. The Hall–Kier alpha value is -3.07. The summed E-state index contributed by atoms with van der Waals surface area (Å²) in [6.07, 6.45) is 2.73. The molecular weight excluding hydrogens is 486 g/mol. The van der Waals surface area contributed by atoms with Crippen LogP contribution >= 0.6 is 15.9 Å². The molecule has 0 atom stereocenters. The van der Waals surface area contributed by atoms with Crippen LogP contribution < -0.4 is 5.32 Å². The molecule has 1 fully saturated rings. The van der Waals surface area contributed by atoms with Gasteiger partial charge in [-0.3, -0.25) is 19.1 Å². The van der Waals surface area contributed by atoms with Crippen LogP contribution in [0.2, 0.25) is 0 Å². The molecule has 0 unspecified atom stereocenters. The van der Waals surface area contributed by atoms with Crippen molar-refractivity contribution in [3.63, 3.8) is 0 Å². The number of anilines is 1. The fraction of sp³-hybridized carbons (Fsp3) is 0.375. The van der Waals surface area contributed by atoms with Crippen LogP contribution in [0.4, 0.5) is 5.82 Å². The van der Waals surface area contributed by atoms with Crippen molar-refractivity contribution in [1.29, 1.82) is 0 Å². The van der Waals surface area contributed by atoms with Gasteiger partial charge in [0.15, 0.2) is 5.78 Å². The van der Waals surface area contributed by atoms with Crippen molar-refractivity contribution in [2.45, 2.75) is 46.1 Å². The van der Waals surface area contributed by atoms with E-state index in [1.807, 2.05) is 17.0 Å². The van der Waals surface area contributed by atoms with Gasteiger partial charge in [0.25, 0.3) is 0 Å². The van der Waals surface area contributed by atoms with Gasteiger partial charge in [-0.2, -0.15) is 5.10 Å². The van der Waals surface area contributed by atoms with Crippen molar-refractivity contribution in [3.05, 3.63) is 52.3 Å². The van der Waals surface area contributed by atoms with Crippen LogP contribution in [0.5, 0.6) is 0 Å². The number of carbonyl (C=O) groups is 3. The van der Waals surface area contributed by atoms with E-state index in [0.717, 1.165) is 36.8 Å². The van der Waals surface area contributed by atoms with Crippen molar-refractivity contribution in [1.82, 2.24) is 19.7 Å². The Kier molecular flexibility index (Phi) is 8.32. The summed E-state index contributed by atoms with van der Waals surface area (Å²) < 4.78 is 2.39. The predicted molar refractivity (Wildman–Crippen MR) is 131 cm³/mol. The second kappa shape index (κ2) is 11.2. The Bertz CT molecular complexity index is 1150. The van der Waals surface area contributed by atoms with Crippen molar-refractivity contribution in [2.24, 2.45) is 0 Å². The first-order valence-corrected chi connectivity index (χ1v) is 11.7. The lowest BCUT2D eigenvalue weighted by molar-refractivity contribution is -0.130. The molecule has 174 valence electrons. The number of Topliss-reactive ketones (excluding diaryl/α,β-unsaturated/α-hetero) is 1. The van der Waals surface area contributed by atoms with Gasteiger partial charge in [-0.1, -0.05) is 26.0 Å². The summed E-state index contributed by atoms with van der Waals surface area (Å²) in [5, 5.41) is 7.69. The molecule has 0 aliphatic carbocycles. The Morgan fingerprint density at radius 2 is 1.91 bits per heavy atom. The largest absolute Gasteiger partial charge is 0.341 e. The molecule has 3 aromatic rings. The summed E-state index contributed by atoms with van der Waals surface area (Å²) in [5.74, 6) is 0.941. The lowest BCUT2D eigenvalue weighted by Crippen LogP contribution is -2.31. The monoisotopic (exact) mass is 513 g/mol. The molecule has 8 nitrogen and oxygen atoms in total. The lowest BCUT2D eigenvalue weighted by atomic mass is 10.0. The molecule has 3 heterocycles. The summed E-state index contributed by atoms with van der Waals surface area (Å²) in [7, 11) is 0. The van der Waals surface area contributed by atoms with E-state index in [-0.39, 0.29) is 18.2 Å². The maximum Gasteiger partial charge on any atom is 0.244 e. The minimum atomic E-state index is -0.0664. The summed E-state index contributed by atoms with van der Waals surface area (Å²) in [6, 6.07) is 11.3. The van der Waals surface area contributed by atoms with E-state index in [2.05, 4.69) is 51.2 Å². The molecule has 0 radical (unpaired) electrons. The number of halogens is 1. The Balaban J connectivity index is 0.000000257. The number of carbonyl (C=O) groups excluding carboxylic acids is 3. The van der Waals surface area contributed by atoms with Crippen LogP contribution in [0.15, 0.2) is 41.0 Å². The van der Waals surface area contributed by atoms with Gasteiger partial charge in [-0.15, -0.1) is 0 Å². The smallest absolute Gasteiger partial charge is 0.244 e. The molecule has 2 amide bonds. The minimum absolute atomic E-state index is 0.0664. The van der Waals surface area contributed by atoms with E-state index < -0.39 is 0 Å². The number of hydrogen-bond acceptors (Lipinski definition) is 5. The summed E-state index contributed by atoms with van der Waals surface area (Å²) in [4.78, 5) is 40.1. The molecular formula is C24H28BrN5O3. The van der Waals surface area contributed by atoms with E-state index in [4.69, 9.17) is 0 Å². The average molecular weight is 514 g/mol. The molecule has 9 heteroatoms. The van der Waals surface area contributed by atoms with Crippen LogP contribution in [0.1, 0.15) is 55.6 Å². The molecule has 1 saturated heterocycles. The van der Waals surface area contributed by atoms with Crippen molar-refractivity contribution >= 4 is 50.8 Å². The number of benzene rings is 1. The van der Waals surface area contributed by atoms with E-state index in [0.29, 0.717) is 28.4 Å². The predicted octanol–water partition coefficient (Wildman–Crippen LogP) is 4.40. The molecule has 0 saturated carbocycles. The summed E-state index contributed by atoms with van der Waals surface area (Å²) in [5.41, 5.74) is 2.48. The second-order valence-electron chi connectivity index (χ2n) is 8.19. The maximum absolute atomic E-state index is 12.4.